The van der Waals surface area contributed by atoms with Crippen LogP contribution in [0, 0.1) is 0 Å². The molecule has 25 heavy (non-hydrogen) atoms. The van der Waals surface area contributed by atoms with E-state index in [4.69, 9.17) is 27.9 Å². The molecule has 7 heteroatoms. The molecule has 0 atom stereocenters. The second-order valence-corrected chi connectivity index (χ2v) is 6.52. The molecule has 1 heterocycles. The number of rotatable bonds is 3. The third-order valence-electron chi connectivity index (χ3n) is 3.61. The van der Waals surface area contributed by atoms with Crippen molar-refractivity contribution >= 4 is 39.9 Å². The number of aromatic nitrogens is 2. The summed E-state index contributed by atoms with van der Waals surface area (Å²) in [4.78, 5) is 25.1. The van der Waals surface area contributed by atoms with Gasteiger partial charge < -0.3 is 4.74 Å². The van der Waals surface area contributed by atoms with E-state index in [2.05, 4.69) is 5.10 Å². The first-order valence-corrected chi connectivity index (χ1v) is 8.33. The van der Waals surface area contributed by atoms with Gasteiger partial charge >= 0.3 is 5.97 Å². The second-order valence-electron chi connectivity index (χ2n) is 5.70. The molecule has 0 radical (unpaired) electrons. The van der Waals surface area contributed by atoms with E-state index in [9.17, 15) is 9.59 Å². The molecule has 0 fully saturated rings. The van der Waals surface area contributed by atoms with Gasteiger partial charge in [-0.05, 0) is 32.0 Å². The predicted molar refractivity (Wildman–Crippen MR) is 97.8 cm³/mol. The molecule has 128 valence electrons. The molecule has 3 aromatic rings. The Labute approximate surface area is 153 Å². The van der Waals surface area contributed by atoms with Crippen LogP contribution in [0.25, 0.3) is 10.8 Å². The minimum absolute atomic E-state index is 0.0648. The minimum atomic E-state index is -0.677. The van der Waals surface area contributed by atoms with Crippen LogP contribution in [0.1, 0.15) is 30.4 Å². The van der Waals surface area contributed by atoms with Crippen LogP contribution in [0.2, 0.25) is 10.0 Å². The summed E-state index contributed by atoms with van der Waals surface area (Å²) in [5.74, 6) is -0.434. The van der Waals surface area contributed by atoms with Gasteiger partial charge in [-0.25, -0.2) is 9.48 Å². The Bertz CT molecular complexity index is 1030. The lowest BCUT2D eigenvalue weighted by atomic mass is 10.1. The van der Waals surface area contributed by atoms with Gasteiger partial charge in [0, 0.05) is 11.5 Å². The minimum Gasteiger partial charge on any atom is -0.422 e. The van der Waals surface area contributed by atoms with Crippen molar-refractivity contribution in [3.63, 3.8) is 0 Å². The quantitative estimate of drug-likeness (QED) is 0.498. The molecule has 0 unspecified atom stereocenters. The fraction of sp³-hybridized carbons (Fsp3) is 0.167. The monoisotopic (exact) mass is 376 g/mol. The highest BCUT2D eigenvalue weighted by atomic mass is 35.5. The number of benzene rings is 2. The Morgan fingerprint density at radius 1 is 1.08 bits per heavy atom. The van der Waals surface area contributed by atoms with Crippen molar-refractivity contribution in [2.24, 2.45) is 0 Å². The van der Waals surface area contributed by atoms with Gasteiger partial charge in [0.1, 0.15) is 5.75 Å². The molecule has 5 nitrogen and oxygen atoms in total. The maximum absolute atomic E-state index is 12.6. The van der Waals surface area contributed by atoms with E-state index < -0.39 is 5.97 Å². The van der Waals surface area contributed by atoms with Gasteiger partial charge in [0.05, 0.1) is 21.5 Å². The highest BCUT2D eigenvalue weighted by Crippen LogP contribution is 2.27. The van der Waals surface area contributed by atoms with Gasteiger partial charge in [0.15, 0.2) is 5.69 Å². The van der Waals surface area contributed by atoms with Gasteiger partial charge in [0.25, 0.3) is 5.56 Å². The fourth-order valence-electron chi connectivity index (χ4n) is 2.40. The van der Waals surface area contributed by atoms with Crippen LogP contribution in [0.15, 0.2) is 47.3 Å². The number of hydrogen-bond acceptors (Lipinski definition) is 4. The summed E-state index contributed by atoms with van der Waals surface area (Å²) in [6.45, 7) is 3.63. The SMILES string of the molecule is CC(C)n1nc(C(=O)Oc2ccc(Cl)c(Cl)c2)c2ccccc2c1=O. The smallest absolute Gasteiger partial charge is 0.364 e. The largest absolute Gasteiger partial charge is 0.422 e. The van der Waals surface area contributed by atoms with E-state index in [-0.39, 0.29) is 28.1 Å². The van der Waals surface area contributed by atoms with E-state index in [1.807, 2.05) is 13.8 Å². The van der Waals surface area contributed by atoms with Crippen LogP contribution < -0.4 is 10.3 Å². The van der Waals surface area contributed by atoms with E-state index >= 15 is 0 Å². The Morgan fingerprint density at radius 3 is 2.40 bits per heavy atom. The number of carbonyl (C=O) groups is 1. The molecule has 3 rings (SSSR count). The van der Waals surface area contributed by atoms with Gasteiger partial charge in [-0.3, -0.25) is 4.79 Å². The Morgan fingerprint density at radius 2 is 1.76 bits per heavy atom. The summed E-state index contributed by atoms with van der Waals surface area (Å²) in [6, 6.07) is 11.1. The zero-order valence-corrected chi connectivity index (χ0v) is 15.0. The number of carbonyl (C=O) groups excluding carboxylic acids is 1. The first-order chi connectivity index (χ1) is 11.9. The first-order valence-electron chi connectivity index (χ1n) is 7.57. The van der Waals surface area contributed by atoms with E-state index in [1.165, 1.54) is 22.9 Å². The van der Waals surface area contributed by atoms with Crippen LogP contribution in [-0.2, 0) is 0 Å². The summed E-state index contributed by atoms with van der Waals surface area (Å²) < 4.78 is 6.63. The normalized spacial score (nSPS) is 11.1. The number of halogens is 2. The topological polar surface area (TPSA) is 61.2 Å². The molecule has 0 N–H and O–H groups in total. The highest BCUT2D eigenvalue weighted by Gasteiger charge is 2.19. The molecule has 0 saturated carbocycles. The van der Waals surface area contributed by atoms with Crippen molar-refractivity contribution in [3.05, 3.63) is 68.6 Å². The van der Waals surface area contributed by atoms with Crippen molar-refractivity contribution < 1.29 is 9.53 Å². The van der Waals surface area contributed by atoms with Crippen molar-refractivity contribution in [3.8, 4) is 5.75 Å². The van der Waals surface area contributed by atoms with Gasteiger partial charge in [-0.1, -0.05) is 41.4 Å². The van der Waals surface area contributed by atoms with Gasteiger partial charge in [0.2, 0.25) is 0 Å². The van der Waals surface area contributed by atoms with Crippen molar-refractivity contribution in [2.45, 2.75) is 19.9 Å². The Hall–Kier alpha value is -2.37. The van der Waals surface area contributed by atoms with E-state index in [0.29, 0.717) is 15.8 Å². The number of fused-ring (bicyclic) bond motifs is 1. The lowest BCUT2D eigenvalue weighted by Crippen LogP contribution is -2.28. The first kappa shape index (κ1) is 17.5. The molecule has 2 aromatic carbocycles. The van der Waals surface area contributed by atoms with Crippen LogP contribution in [0.4, 0.5) is 0 Å². The highest BCUT2D eigenvalue weighted by molar-refractivity contribution is 6.42. The van der Waals surface area contributed by atoms with E-state index in [1.54, 1.807) is 24.3 Å². The maximum atomic E-state index is 12.6. The zero-order valence-electron chi connectivity index (χ0n) is 13.5. The summed E-state index contributed by atoms with van der Waals surface area (Å²) in [5.41, 5.74) is -0.188. The number of nitrogens with zero attached hydrogens (tertiary/aromatic N) is 2. The molecular formula is C18H14Cl2N2O3. The molecule has 0 aliphatic carbocycles. The molecule has 1 aromatic heterocycles. The molecule has 0 bridgehead atoms. The molecule has 0 amide bonds. The van der Waals surface area contributed by atoms with Crippen LogP contribution >= 0.6 is 23.2 Å². The molecular weight excluding hydrogens is 363 g/mol. The number of esters is 1. The molecule has 0 saturated heterocycles. The van der Waals surface area contributed by atoms with Crippen molar-refractivity contribution in [1.82, 2.24) is 9.78 Å². The Kier molecular flexibility index (Phi) is 4.79. The average molecular weight is 377 g/mol. The molecule has 0 aliphatic heterocycles. The summed E-state index contributed by atoms with van der Waals surface area (Å²) >= 11 is 11.8. The fourth-order valence-corrected chi connectivity index (χ4v) is 2.69. The number of hydrogen-bond donors (Lipinski definition) is 0. The predicted octanol–water partition coefficient (Wildman–Crippen LogP) is 4.50. The molecule has 0 aliphatic rings. The third kappa shape index (κ3) is 3.38. The second kappa shape index (κ2) is 6.86. The lowest BCUT2D eigenvalue weighted by Gasteiger charge is -2.13. The number of ether oxygens (including phenoxy) is 1. The van der Waals surface area contributed by atoms with Crippen LogP contribution in [0.3, 0.4) is 0 Å². The third-order valence-corrected chi connectivity index (χ3v) is 4.35. The van der Waals surface area contributed by atoms with E-state index in [0.717, 1.165) is 0 Å². The standard InChI is InChI=1S/C18H14Cl2N2O3/c1-10(2)22-17(23)13-6-4-3-5-12(13)16(21-22)18(24)25-11-7-8-14(19)15(20)9-11/h3-10H,1-2H3. The average Bonchev–Trinajstić information content (AvgIpc) is 2.58. The molecule has 0 spiro atoms. The summed E-state index contributed by atoms with van der Waals surface area (Å²) in [5, 5.41) is 5.69. The summed E-state index contributed by atoms with van der Waals surface area (Å²) in [6.07, 6.45) is 0. The van der Waals surface area contributed by atoms with Crippen molar-refractivity contribution in [1.29, 1.82) is 0 Å². The van der Waals surface area contributed by atoms with Gasteiger partial charge in [-0.15, -0.1) is 0 Å². The van der Waals surface area contributed by atoms with Crippen LogP contribution in [-0.4, -0.2) is 15.7 Å². The zero-order chi connectivity index (χ0) is 18.1. The van der Waals surface area contributed by atoms with Gasteiger partial charge in [-0.2, -0.15) is 5.10 Å². The lowest BCUT2D eigenvalue weighted by molar-refractivity contribution is 0.0728. The maximum Gasteiger partial charge on any atom is 0.364 e. The van der Waals surface area contributed by atoms with Crippen molar-refractivity contribution in [2.75, 3.05) is 0 Å². The summed E-state index contributed by atoms with van der Waals surface area (Å²) in [7, 11) is 0. The Balaban J connectivity index is 2.10. The van der Waals surface area contributed by atoms with Crippen LogP contribution in [0.5, 0.6) is 5.75 Å².